The van der Waals surface area contributed by atoms with Gasteiger partial charge in [0.25, 0.3) is 17.6 Å². The largest absolute Gasteiger partial charge is 0.398 e. The van der Waals surface area contributed by atoms with E-state index in [1.807, 2.05) is 0 Å². The van der Waals surface area contributed by atoms with Gasteiger partial charge in [-0.1, -0.05) is 5.16 Å². The first-order valence-electron chi connectivity index (χ1n) is 4.73. The minimum Gasteiger partial charge on any atom is -0.398 e. The summed E-state index contributed by atoms with van der Waals surface area (Å²) in [5, 5.41) is 5.83. The van der Waals surface area contributed by atoms with Crippen molar-refractivity contribution >= 4 is 11.6 Å². The van der Waals surface area contributed by atoms with E-state index < -0.39 is 11.7 Å². The highest BCUT2D eigenvalue weighted by Gasteiger charge is 2.16. The van der Waals surface area contributed by atoms with E-state index in [1.165, 1.54) is 19.2 Å². The Kier molecular flexibility index (Phi) is 2.73. The van der Waals surface area contributed by atoms with Gasteiger partial charge in [0.1, 0.15) is 5.82 Å². The average Bonchev–Trinajstić information content (AvgIpc) is 2.77. The van der Waals surface area contributed by atoms with Crippen LogP contribution < -0.4 is 11.1 Å². The summed E-state index contributed by atoms with van der Waals surface area (Å²) in [6.45, 7) is 0. The fourth-order valence-electron chi connectivity index (χ4n) is 1.27. The lowest BCUT2D eigenvalue weighted by atomic mass is 10.2. The van der Waals surface area contributed by atoms with Crippen LogP contribution in [0.1, 0.15) is 10.6 Å². The van der Waals surface area contributed by atoms with Crippen LogP contribution in [0.2, 0.25) is 0 Å². The Morgan fingerprint density at radius 1 is 1.53 bits per heavy atom. The number of nitrogens with one attached hydrogen (secondary N) is 1. The smallest absolute Gasteiger partial charge is 0.292 e. The molecule has 1 amide bonds. The van der Waals surface area contributed by atoms with Crippen LogP contribution in [0.25, 0.3) is 11.5 Å². The first-order valence-corrected chi connectivity index (χ1v) is 4.73. The highest BCUT2D eigenvalue weighted by atomic mass is 19.1. The van der Waals surface area contributed by atoms with E-state index in [0.29, 0.717) is 5.56 Å². The average molecular weight is 236 g/mol. The monoisotopic (exact) mass is 236 g/mol. The van der Waals surface area contributed by atoms with Crippen molar-refractivity contribution in [1.82, 2.24) is 15.5 Å². The Morgan fingerprint density at radius 3 is 2.94 bits per heavy atom. The Bertz CT molecular complexity index is 567. The summed E-state index contributed by atoms with van der Waals surface area (Å²) >= 11 is 0. The number of rotatable bonds is 2. The zero-order valence-electron chi connectivity index (χ0n) is 8.90. The van der Waals surface area contributed by atoms with E-state index in [4.69, 9.17) is 10.3 Å². The number of hydrogen-bond acceptors (Lipinski definition) is 5. The van der Waals surface area contributed by atoms with Crippen molar-refractivity contribution in [2.45, 2.75) is 0 Å². The molecule has 0 spiro atoms. The minimum atomic E-state index is -0.472. The molecule has 2 rings (SSSR count). The number of nitrogen functional groups attached to an aromatic ring is 1. The molecule has 17 heavy (non-hydrogen) atoms. The molecule has 0 atom stereocenters. The van der Waals surface area contributed by atoms with Crippen molar-refractivity contribution in [3.05, 3.63) is 29.8 Å². The van der Waals surface area contributed by atoms with E-state index in [0.717, 1.165) is 6.07 Å². The number of nitrogens with two attached hydrogens (primary N) is 1. The number of halogens is 1. The third kappa shape index (κ3) is 2.07. The molecular formula is C10H9FN4O2. The van der Waals surface area contributed by atoms with Crippen LogP contribution in [0.4, 0.5) is 10.1 Å². The standard InChI is InChI=1S/C10H9FN4O2/c1-13-9(16)8-14-10(17-15-8)6-3-2-5(11)4-7(6)12/h2-4H,12H2,1H3,(H,13,16). The summed E-state index contributed by atoms with van der Waals surface area (Å²) in [4.78, 5) is 15.1. The van der Waals surface area contributed by atoms with Gasteiger partial charge in [-0.25, -0.2) is 4.39 Å². The summed E-state index contributed by atoms with van der Waals surface area (Å²) in [6, 6.07) is 3.76. The van der Waals surface area contributed by atoms with Crippen LogP contribution in [0.15, 0.2) is 22.7 Å². The molecule has 88 valence electrons. The fraction of sp³-hybridized carbons (Fsp3) is 0.100. The van der Waals surface area contributed by atoms with Gasteiger partial charge in [-0.05, 0) is 18.2 Å². The molecule has 6 nitrogen and oxygen atoms in total. The van der Waals surface area contributed by atoms with E-state index in [1.54, 1.807) is 0 Å². The second kappa shape index (κ2) is 4.20. The summed E-state index contributed by atoms with van der Waals surface area (Å²) in [6.07, 6.45) is 0. The topological polar surface area (TPSA) is 94.0 Å². The van der Waals surface area contributed by atoms with E-state index in [2.05, 4.69) is 15.5 Å². The number of carbonyl (C=O) groups excluding carboxylic acids is 1. The molecule has 1 aromatic heterocycles. The zero-order chi connectivity index (χ0) is 12.4. The molecule has 0 radical (unpaired) electrons. The number of anilines is 1. The van der Waals surface area contributed by atoms with Gasteiger partial charge >= 0.3 is 0 Å². The van der Waals surface area contributed by atoms with Crippen molar-refractivity contribution in [3.63, 3.8) is 0 Å². The number of aromatic nitrogens is 2. The van der Waals surface area contributed by atoms with Crippen molar-refractivity contribution < 1.29 is 13.7 Å². The predicted molar refractivity (Wildman–Crippen MR) is 57.5 cm³/mol. The van der Waals surface area contributed by atoms with E-state index >= 15 is 0 Å². The van der Waals surface area contributed by atoms with Crippen LogP contribution >= 0.6 is 0 Å². The molecule has 0 unspecified atom stereocenters. The lowest BCUT2D eigenvalue weighted by Crippen LogP contribution is -2.19. The van der Waals surface area contributed by atoms with Gasteiger partial charge in [-0.3, -0.25) is 4.79 Å². The lowest BCUT2D eigenvalue weighted by molar-refractivity contribution is 0.0950. The summed E-state index contributed by atoms with van der Waals surface area (Å²) < 4.78 is 17.7. The third-order valence-corrected chi connectivity index (χ3v) is 2.10. The van der Waals surface area contributed by atoms with Crippen LogP contribution in [0.5, 0.6) is 0 Å². The molecule has 1 heterocycles. The number of carbonyl (C=O) groups is 1. The van der Waals surface area contributed by atoms with E-state index in [-0.39, 0.29) is 17.4 Å². The Morgan fingerprint density at radius 2 is 2.29 bits per heavy atom. The predicted octanol–water partition coefficient (Wildman–Crippen LogP) is 0.818. The van der Waals surface area contributed by atoms with Gasteiger partial charge in [0.15, 0.2) is 0 Å². The lowest BCUT2D eigenvalue weighted by Gasteiger charge is -1.99. The van der Waals surface area contributed by atoms with Gasteiger partial charge in [0.2, 0.25) is 0 Å². The molecule has 1 aromatic carbocycles. The number of hydrogen-bond donors (Lipinski definition) is 2. The molecule has 0 aliphatic carbocycles. The molecule has 0 bridgehead atoms. The highest BCUT2D eigenvalue weighted by Crippen LogP contribution is 2.24. The van der Waals surface area contributed by atoms with Crippen LogP contribution in [0.3, 0.4) is 0 Å². The van der Waals surface area contributed by atoms with Gasteiger partial charge in [-0.2, -0.15) is 4.98 Å². The van der Waals surface area contributed by atoms with Gasteiger partial charge in [0, 0.05) is 12.7 Å². The highest BCUT2D eigenvalue weighted by molar-refractivity contribution is 5.90. The first-order chi connectivity index (χ1) is 8.11. The van der Waals surface area contributed by atoms with Crippen molar-refractivity contribution in [2.75, 3.05) is 12.8 Å². The SMILES string of the molecule is CNC(=O)c1noc(-c2ccc(F)cc2N)n1. The van der Waals surface area contributed by atoms with Crippen molar-refractivity contribution in [1.29, 1.82) is 0 Å². The molecule has 0 saturated carbocycles. The zero-order valence-corrected chi connectivity index (χ0v) is 8.90. The minimum absolute atomic E-state index is 0.0705. The van der Waals surface area contributed by atoms with E-state index in [9.17, 15) is 9.18 Å². The second-order valence-corrected chi connectivity index (χ2v) is 3.23. The maximum atomic E-state index is 12.8. The van der Waals surface area contributed by atoms with Crippen molar-refractivity contribution in [2.24, 2.45) is 0 Å². The molecule has 2 aromatic rings. The van der Waals surface area contributed by atoms with Crippen molar-refractivity contribution in [3.8, 4) is 11.5 Å². The number of amides is 1. The van der Waals surface area contributed by atoms with Crippen LogP contribution in [-0.2, 0) is 0 Å². The summed E-state index contributed by atoms with van der Waals surface area (Å²) in [5.74, 6) is -0.967. The Labute approximate surface area is 95.6 Å². The third-order valence-electron chi connectivity index (χ3n) is 2.10. The summed E-state index contributed by atoms with van der Waals surface area (Å²) in [7, 11) is 1.45. The molecule has 7 heteroatoms. The second-order valence-electron chi connectivity index (χ2n) is 3.23. The van der Waals surface area contributed by atoms with Gasteiger partial charge < -0.3 is 15.6 Å². The molecule has 0 fully saturated rings. The Hall–Kier alpha value is -2.44. The van der Waals surface area contributed by atoms with Gasteiger partial charge in [-0.15, -0.1) is 0 Å². The van der Waals surface area contributed by atoms with Gasteiger partial charge in [0.05, 0.1) is 5.56 Å². The molecule has 0 aliphatic rings. The molecule has 0 saturated heterocycles. The summed E-state index contributed by atoms with van der Waals surface area (Å²) in [5.41, 5.74) is 6.15. The normalized spacial score (nSPS) is 10.2. The van der Waals surface area contributed by atoms with Crippen LogP contribution in [0, 0.1) is 5.82 Å². The molecular weight excluding hydrogens is 227 g/mol. The maximum Gasteiger partial charge on any atom is 0.292 e. The number of benzene rings is 1. The maximum absolute atomic E-state index is 12.8. The number of nitrogens with zero attached hydrogens (tertiary/aromatic N) is 2. The Balaban J connectivity index is 2.40. The molecule has 3 N–H and O–H groups in total. The fourth-order valence-corrected chi connectivity index (χ4v) is 1.27. The first kappa shape index (κ1) is 11.1. The molecule has 0 aliphatic heterocycles. The quantitative estimate of drug-likeness (QED) is 0.753. The van der Waals surface area contributed by atoms with Crippen LogP contribution in [-0.4, -0.2) is 23.1 Å².